The van der Waals surface area contributed by atoms with Gasteiger partial charge in [0.25, 0.3) is 0 Å². The summed E-state index contributed by atoms with van der Waals surface area (Å²) in [5.41, 5.74) is 2.07. The first kappa shape index (κ1) is 9.59. The lowest BCUT2D eigenvalue weighted by Gasteiger charge is -1.95. The Kier molecular flexibility index (Phi) is 3.32. The first-order valence-electron chi connectivity index (χ1n) is 4.28. The van der Waals surface area contributed by atoms with Crippen molar-refractivity contribution in [2.24, 2.45) is 0 Å². The minimum Gasteiger partial charge on any atom is -0.464 e. The third kappa shape index (κ3) is 2.79. The fourth-order valence-electron chi connectivity index (χ4n) is 1.12. The molecule has 1 heterocycles. The number of hydrogen-bond acceptors (Lipinski definition) is 1. The molecule has 0 aromatic carbocycles. The maximum atomic E-state index is 5.21. The lowest BCUT2D eigenvalue weighted by Crippen LogP contribution is -1.75. The topological polar surface area (TPSA) is 13.1 Å². The van der Waals surface area contributed by atoms with Gasteiger partial charge in [-0.15, -0.1) is 0 Å². The van der Waals surface area contributed by atoms with Crippen molar-refractivity contribution in [3.63, 3.8) is 0 Å². The van der Waals surface area contributed by atoms with E-state index < -0.39 is 0 Å². The first-order valence-corrected chi connectivity index (χ1v) is 4.28. The highest BCUT2D eigenvalue weighted by Gasteiger charge is 1.97. The fraction of sp³-hybridized carbons (Fsp3) is 0.167. The molecule has 1 rings (SSSR count). The molecule has 0 spiro atoms. The number of hydrogen-bond donors (Lipinski definition) is 0. The van der Waals surface area contributed by atoms with E-state index >= 15 is 0 Å². The molecule has 0 amide bonds. The van der Waals surface area contributed by atoms with Crippen LogP contribution in [0.3, 0.4) is 0 Å². The molecule has 0 aliphatic rings. The van der Waals surface area contributed by atoms with Crippen LogP contribution in [0.25, 0.3) is 5.57 Å². The largest absolute Gasteiger partial charge is 0.464 e. The molecule has 1 heteroatoms. The van der Waals surface area contributed by atoms with Gasteiger partial charge in [-0.3, -0.25) is 0 Å². The highest BCUT2D eigenvalue weighted by Crippen LogP contribution is 2.15. The van der Waals surface area contributed by atoms with Crippen molar-refractivity contribution in [3.8, 4) is 0 Å². The van der Waals surface area contributed by atoms with Crippen LogP contribution in [0.15, 0.2) is 53.2 Å². The normalized spacial score (nSPS) is 12.3. The molecule has 0 saturated carbocycles. The summed E-state index contributed by atoms with van der Waals surface area (Å²) >= 11 is 0. The van der Waals surface area contributed by atoms with Gasteiger partial charge in [0.1, 0.15) is 5.76 Å². The van der Waals surface area contributed by atoms with Crippen LogP contribution in [0.1, 0.15) is 19.6 Å². The lowest BCUT2D eigenvalue weighted by atomic mass is 10.1. The minimum absolute atomic E-state index is 0.823. The summed E-state index contributed by atoms with van der Waals surface area (Å²) in [7, 11) is 0. The Bertz CT molecular complexity index is 326. The third-order valence-corrected chi connectivity index (χ3v) is 1.67. The van der Waals surface area contributed by atoms with Gasteiger partial charge in [0.15, 0.2) is 0 Å². The zero-order valence-corrected chi connectivity index (χ0v) is 8.08. The average molecular weight is 174 g/mol. The second-order valence-corrected chi connectivity index (χ2v) is 2.89. The number of allylic oxidation sites excluding steroid dienone is 5. The highest BCUT2D eigenvalue weighted by molar-refractivity contribution is 5.69. The third-order valence-electron chi connectivity index (χ3n) is 1.67. The molecule has 1 aromatic heterocycles. The lowest BCUT2D eigenvalue weighted by molar-refractivity contribution is 0.554. The predicted octanol–water partition coefficient (Wildman–Crippen LogP) is 3.82. The van der Waals surface area contributed by atoms with Gasteiger partial charge >= 0.3 is 0 Å². The summed E-state index contributed by atoms with van der Waals surface area (Å²) in [4.78, 5) is 0. The maximum absolute atomic E-state index is 5.21. The molecular formula is C12H14O. The Morgan fingerprint density at radius 3 is 2.85 bits per heavy atom. The van der Waals surface area contributed by atoms with Gasteiger partial charge in [-0.05, 0) is 32.1 Å². The van der Waals surface area contributed by atoms with E-state index in [2.05, 4.69) is 6.58 Å². The van der Waals surface area contributed by atoms with Crippen LogP contribution >= 0.6 is 0 Å². The Balaban J connectivity index is 2.76. The van der Waals surface area contributed by atoms with E-state index in [0.717, 1.165) is 11.3 Å². The summed E-state index contributed by atoms with van der Waals surface area (Å²) in [5, 5.41) is 0. The number of furan rings is 1. The van der Waals surface area contributed by atoms with E-state index in [0.29, 0.717) is 0 Å². The summed E-state index contributed by atoms with van der Waals surface area (Å²) in [5.74, 6) is 0.823. The quantitative estimate of drug-likeness (QED) is 0.635. The first-order chi connectivity index (χ1) is 6.24. The second-order valence-electron chi connectivity index (χ2n) is 2.89. The predicted molar refractivity (Wildman–Crippen MR) is 56.3 cm³/mol. The Morgan fingerprint density at radius 1 is 1.54 bits per heavy atom. The molecule has 0 radical (unpaired) electrons. The van der Waals surface area contributed by atoms with Crippen molar-refractivity contribution in [1.29, 1.82) is 0 Å². The Labute approximate surface area is 79.1 Å². The van der Waals surface area contributed by atoms with Gasteiger partial charge < -0.3 is 4.42 Å². The highest BCUT2D eigenvalue weighted by atomic mass is 16.3. The smallest absolute Gasteiger partial charge is 0.133 e. The zero-order valence-electron chi connectivity index (χ0n) is 8.08. The summed E-state index contributed by atoms with van der Waals surface area (Å²) < 4.78 is 5.21. The Hall–Kier alpha value is -1.50. The second kappa shape index (κ2) is 4.51. The van der Waals surface area contributed by atoms with Gasteiger partial charge in [-0.2, -0.15) is 0 Å². The van der Waals surface area contributed by atoms with Gasteiger partial charge in [0, 0.05) is 5.57 Å². The van der Waals surface area contributed by atoms with Crippen LogP contribution in [0.5, 0.6) is 0 Å². The minimum atomic E-state index is 0.823. The fourth-order valence-corrected chi connectivity index (χ4v) is 1.12. The van der Waals surface area contributed by atoms with Crippen LogP contribution in [-0.4, -0.2) is 0 Å². The molecule has 1 nitrogen and oxygen atoms in total. The van der Waals surface area contributed by atoms with Gasteiger partial charge in [-0.25, -0.2) is 0 Å². The molecule has 0 bridgehead atoms. The van der Waals surface area contributed by atoms with Gasteiger partial charge in [0.05, 0.1) is 6.26 Å². The van der Waals surface area contributed by atoms with Crippen LogP contribution in [0.2, 0.25) is 0 Å². The van der Waals surface area contributed by atoms with E-state index in [1.54, 1.807) is 6.26 Å². The molecule has 0 aliphatic heterocycles. The molecule has 0 atom stereocenters. The molecule has 1 aromatic rings. The molecule has 0 saturated heterocycles. The maximum Gasteiger partial charge on any atom is 0.133 e. The molecule has 0 aliphatic carbocycles. The summed E-state index contributed by atoms with van der Waals surface area (Å²) in [6.45, 7) is 7.94. The molecule has 0 unspecified atom stereocenters. The standard InChI is InChI=1S/C12H14O/c1-4-6-10(2)9-11(3)12-7-5-8-13-12/h4-9H,3H2,1-2H3/b6-4-,10-9-. The summed E-state index contributed by atoms with van der Waals surface area (Å²) in [6.07, 6.45) is 7.69. The SMILES string of the molecule is C=C(/C=C(C)\C=C/C)c1ccco1. The monoisotopic (exact) mass is 174 g/mol. The van der Waals surface area contributed by atoms with E-state index in [9.17, 15) is 0 Å². The van der Waals surface area contributed by atoms with Crippen LogP contribution in [0.4, 0.5) is 0 Å². The Morgan fingerprint density at radius 2 is 2.31 bits per heavy atom. The van der Waals surface area contributed by atoms with Crippen LogP contribution in [-0.2, 0) is 0 Å². The van der Waals surface area contributed by atoms with Gasteiger partial charge in [0.2, 0.25) is 0 Å². The summed E-state index contributed by atoms with van der Waals surface area (Å²) in [6, 6.07) is 3.76. The molecule has 0 fully saturated rings. The average Bonchev–Trinajstić information content (AvgIpc) is 2.55. The van der Waals surface area contributed by atoms with Crippen molar-refractivity contribution < 1.29 is 4.42 Å². The van der Waals surface area contributed by atoms with E-state index in [1.165, 1.54) is 5.57 Å². The van der Waals surface area contributed by atoms with Crippen molar-refractivity contribution in [2.45, 2.75) is 13.8 Å². The molecular weight excluding hydrogens is 160 g/mol. The molecule has 68 valence electrons. The molecule has 0 N–H and O–H groups in total. The number of rotatable bonds is 3. The van der Waals surface area contributed by atoms with Crippen molar-refractivity contribution in [2.75, 3.05) is 0 Å². The van der Waals surface area contributed by atoms with Crippen LogP contribution in [0, 0.1) is 0 Å². The van der Waals surface area contributed by atoms with Crippen molar-refractivity contribution in [1.82, 2.24) is 0 Å². The van der Waals surface area contributed by atoms with Crippen molar-refractivity contribution in [3.05, 3.63) is 54.5 Å². The van der Waals surface area contributed by atoms with Crippen LogP contribution < -0.4 is 0 Å². The van der Waals surface area contributed by atoms with Gasteiger partial charge in [-0.1, -0.05) is 24.3 Å². The van der Waals surface area contributed by atoms with Crippen molar-refractivity contribution >= 4 is 5.57 Å². The van der Waals surface area contributed by atoms with E-state index in [4.69, 9.17) is 4.42 Å². The zero-order chi connectivity index (χ0) is 9.68. The molecule has 13 heavy (non-hydrogen) atoms. The van der Waals surface area contributed by atoms with E-state index in [-0.39, 0.29) is 0 Å². The van der Waals surface area contributed by atoms with E-state index in [1.807, 2.05) is 44.2 Å².